The van der Waals surface area contributed by atoms with Crippen LogP contribution in [-0.4, -0.2) is 34.9 Å². The number of aromatic nitrogens is 1. The SMILES string of the molecule is O=C(O)COc1ccc(CNC(=O)c2cccnc2OC2=COC(Cc3ccccc3)O2)c(F)c1. The van der Waals surface area contributed by atoms with Crippen molar-refractivity contribution in [3.63, 3.8) is 0 Å². The van der Waals surface area contributed by atoms with Crippen LogP contribution in [0.15, 0.2) is 79.1 Å². The van der Waals surface area contributed by atoms with Crippen LogP contribution in [0.4, 0.5) is 4.39 Å². The number of rotatable bonds is 10. The third-order valence-corrected chi connectivity index (χ3v) is 4.85. The molecule has 2 N–H and O–H groups in total. The van der Waals surface area contributed by atoms with Crippen molar-refractivity contribution in [2.24, 2.45) is 0 Å². The van der Waals surface area contributed by atoms with Gasteiger partial charge in [0.25, 0.3) is 5.91 Å². The summed E-state index contributed by atoms with van der Waals surface area (Å²) in [5, 5.41) is 11.2. The van der Waals surface area contributed by atoms with Crippen LogP contribution in [0.25, 0.3) is 0 Å². The standard InChI is InChI=1S/C25H21FN2O7/c26-20-12-18(32-14-21(29)30)9-8-17(20)13-28-24(31)19-7-4-10-27-25(19)35-23-15-33-22(34-23)11-16-5-2-1-3-6-16/h1-10,12,15,22H,11,13-14H2,(H,28,31)(H,29,30). The molecule has 0 aliphatic carbocycles. The topological polar surface area (TPSA) is 116 Å². The van der Waals surface area contributed by atoms with Crippen LogP contribution in [-0.2, 0) is 27.2 Å². The molecule has 1 aliphatic heterocycles. The fraction of sp³-hybridized carbons (Fsp3) is 0.160. The second kappa shape index (κ2) is 11.0. The average molecular weight is 480 g/mol. The van der Waals surface area contributed by atoms with Gasteiger partial charge in [0.1, 0.15) is 17.1 Å². The molecule has 1 amide bonds. The number of carbonyl (C=O) groups excluding carboxylic acids is 1. The molecular weight excluding hydrogens is 459 g/mol. The van der Waals surface area contributed by atoms with E-state index in [4.69, 9.17) is 24.1 Å². The minimum Gasteiger partial charge on any atom is -0.482 e. The zero-order valence-corrected chi connectivity index (χ0v) is 18.3. The number of pyridine rings is 1. The molecule has 0 fully saturated rings. The molecule has 9 nitrogen and oxygen atoms in total. The van der Waals surface area contributed by atoms with E-state index in [2.05, 4.69) is 10.3 Å². The van der Waals surface area contributed by atoms with Crippen molar-refractivity contribution in [3.05, 3.63) is 102 Å². The number of nitrogens with zero attached hydrogens (tertiary/aromatic N) is 1. The number of ether oxygens (including phenoxy) is 4. The number of hydrogen-bond donors (Lipinski definition) is 2. The summed E-state index contributed by atoms with van der Waals surface area (Å²) in [7, 11) is 0. The summed E-state index contributed by atoms with van der Waals surface area (Å²) in [6, 6.07) is 16.6. The molecule has 1 aliphatic rings. The number of amides is 1. The minimum atomic E-state index is -1.17. The lowest BCUT2D eigenvalue weighted by Crippen LogP contribution is -2.24. The summed E-state index contributed by atoms with van der Waals surface area (Å²) < 4.78 is 36.0. The van der Waals surface area contributed by atoms with E-state index in [-0.39, 0.29) is 35.2 Å². The highest BCUT2D eigenvalue weighted by atomic mass is 19.1. The molecule has 10 heteroatoms. The lowest BCUT2D eigenvalue weighted by molar-refractivity contribution is -0.139. The molecule has 2 heterocycles. The normalized spacial score (nSPS) is 14.3. The maximum absolute atomic E-state index is 14.3. The highest BCUT2D eigenvalue weighted by Crippen LogP contribution is 2.24. The van der Waals surface area contributed by atoms with E-state index >= 15 is 0 Å². The largest absolute Gasteiger partial charge is 0.482 e. The van der Waals surface area contributed by atoms with E-state index in [1.165, 1.54) is 30.7 Å². The van der Waals surface area contributed by atoms with Crippen molar-refractivity contribution >= 4 is 11.9 Å². The molecule has 0 saturated heterocycles. The fourth-order valence-electron chi connectivity index (χ4n) is 3.18. The van der Waals surface area contributed by atoms with Gasteiger partial charge in [-0.05, 0) is 23.8 Å². The Bertz CT molecular complexity index is 1230. The highest BCUT2D eigenvalue weighted by molar-refractivity contribution is 5.96. The van der Waals surface area contributed by atoms with Crippen molar-refractivity contribution in [1.29, 1.82) is 0 Å². The lowest BCUT2D eigenvalue weighted by atomic mass is 10.1. The molecule has 0 saturated carbocycles. The Kier molecular flexibility index (Phi) is 7.41. The maximum Gasteiger partial charge on any atom is 0.341 e. The van der Waals surface area contributed by atoms with Gasteiger partial charge in [-0.3, -0.25) is 4.79 Å². The number of nitrogens with one attached hydrogen (secondary N) is 1. The summed E-state index contributed by atoms with van der Waals surface area (Å²) in [4.78, 5) is 27.4. The van der Waals surface area contributed by atoms with Gasteiger partial charge in [0, 0.05) is 30.8 Å². The summed E-state index contributed by atoms with van der Waals surface area (Å²) >= 11 is 0. The Morgan fingerprint density at radius 2 is 1.94 bits per heavy atom. The van der Waals surface area contributed by atoms with Gasteiger partial charge in [-0.2, -0.15) is 0 Å². The lowest BCUT2D eigenvalue weighted by Gasteiger charge is -2.13. The molecule has 4 rings (SSSR count). The van der Waals surface area contributed by atoms with Crippen molar-refractivity contribution in [2.75, 3.05) is 6.61 Å². The van der Waals surface area contributed by atoms with Crippen LogP contribution in [0.2, 0.25) is 0 Å². The number of carboxylic acids is 1. The fourth-order valence-corrected chi connectivity index (χ4v) is 3.18. The molecule has 35 heavy (non-hydrogen) atoms. The van der Waals surface area contributed by atoms with E-state index in [1.807, 2.05) is 30.3 Å². The van der Waals surface area contributed by atoms with Crippen molar-refractivity contribution in [2.45, 2.75) is 19.3 Å². The van der Waals surface area contributed by atoms with Crippen molar-refractivity contribution in [3.8, 4) is 11.6 Å². The molecule has 1 aromatic heterocycles. The first-order chi connectivity index (χ1) is 17.0. The van der Waals surface area contributed by atoms with Gasteiger partial charge in [0.15, 0.2) is 12.9 Å². The number of halogens is 1. The average Bonchev–Trinajstić information content (AvgIpc) is 3.29. The third kappa shape index (κ3) is 6.47. The first-order valence-electron chi connectivity index (χ1n) is 10.6. The van der Waals surface area contributed by atoms with Gasteiger partial charge in [-0.15, -0.1) is 0 Å². The Morgan fingerprint density at radius 3 is 2.71 bits per heavy atom. The number of carbonyl (C=O) groups is 2. The maximum atomic E-state index is 14.3. The summed E-state index contributed by atoms with van der Waals surface area (Å²) in [5.41, 5.74) is 1.33. The Morgan fingerprint density at radius 1 is 1.11 bits per heavy atom. The first-order valence-corrected chi connectivity index (χ1v) is 10.6. The van der Waals surface area contributed by atoms with Crippen LogP contribution >= 0.6 is 0 Å². The molecule has 0 bridgehead atoms. The van der Waals surface area contributed by atoms with Crippen LogP contribution in [0, 0.1) is 5.82 Å². The van der Waals surface area contributed by atoms with E-state index in [9.17, 15) is 14.0 Å². The second-order valence-electron chi connectivity index (χ2n) is 7.39. The van der Waals surface area contributed by atoms with Gasteiger partial charge < -0.3 is 29.4 Å². The molecule has 1 atom stereocenters. The van der Waals surface area contributed by atoms with E-state index in [0.29, 0.717) is 6.42 Å². The van der Waals surface area contributed by atoms with E-state index in [0.717, 1.165) is 11.6 Å². The Hall–Kier alpha value is -4.60. The smallest absolute Gasteiger partial charge is 0.341 e. The van der Waals surface area contributed by atoms with Crippen molar-refractivity contribution in [1.82, 2.24) is 10.3 Å². The molecule has 1 unspecified atom stereocenters. The second-order valence-corrected chi connectivity index (χ2v) is 7.39. The zero-order chi connectivity index (χ0) is 24.6. The van der Waals surface area contributed by atoms with Crippen LogP contribution in [0.3, 0.4) is 0 Å². The van der Waals surface area contributed by atoms with Gasteiger partial charge >= 0.3 is 11.9 Å². The number of hydrogen-bond acceptors (Lipinski definition) is 7. The Labute approximate surface area is 199 Å². The van der Waals surface area contributed by atoms with Crippen LogP contribution in [0.5, 0.6) is 11.6 Å². The van der Waals surface area contributed by atoms with Crippen LogP contribution in [0.1, 0.15) is 21.5 Å². The summed E-state index contributed by atoms with van der Waals surface area (Å²) in [5.74, 6) is -2.24. The van der Waals surface area contributed by atoms with Crippen LogP contribution < -0.4 is 14.8 Å². The van der Waals surface area contributed by atoms with Gasteiger partial charge in [-0.1, -0.05) is 36.4 Å². The summed E-state index contributed by atoms with van der Waals surface area (Å²) in [6.07, 6.45) is 2.71. The molecule has 0 spiro atoms. The molecule has 180 valence electrons. The highest BCUT2D eigenvalue weighted by Gasteiger charge is 2.24. The zero-order valence-electron chi connectivity index (χ0n) is 18.3. The minimum absolute atomic E-state index is 0.00176. The monoisotopic (exact) mass is 480 g/mol. The summed E-state index contributed by atoms with van der Waals surface area (Å²) in [6.45, 7) is -0.711. The predicted molar refractivity (Wildman–Crippen MR) is 120 cm³/mol. The third-order valence-electron chi connectivity index (χ3n) is 4.85. The van der Waals surface area contributed by atoms with Crippen molar-refractivity contribution < 1.29 is 38.0 Å². The van der Waals surface area contributed by atoms with Gasteiger partial charge in [0.2, 0.25) is 12.2 Å². The molecule has 2 aromatic carbocycles. The first kappa shape index (κ1) is 23.6. The number of aliphatic carboxylic acids is 1. The quantitative estimate of drug-likeness (QED) is 0.454. The predicted octanol–water partition coefficient (Wildman–Crippen LogP) is 3.41. The molecule has 3 aromatic rings. The molecule has 0 radical (unpaired) electrons. The van der Waals surface area contributed by atoms with Gasteiger partial charge in [0.05, 0.1) is 0 Å². The molecular formula is C25H21FN2O7. The van der Waals surface area contributed by atoms with E-state index < -0.39 is 30.6 Å². The number of benzene rings is 2. The number of carboxylic acid groups (broad SMARTS) is 1. The Balaban J connectivity index is 1.34. The van der Waals surface area contributed by atoms with E-state index in [1.54, 1.807) is 6.07 Å². The van der Waals surface area contributed by atoms with Gasteiger partial charge in [-0.25, -0.2) is 14.2 Å².